The normalized spacial score (nSPS) is 21.7. The molecule has 0 radical (unpaired) electrons. The summed E-state index contributed by atoms with van der Waals surface area (Å²) in [6, 6.07) is 6.72. The smallest absolute Gasteiger partial charge is 0.326 e. The van der Waals surface area contributed by atoms with Crippen molar-refractivity contribution in [2.75, 3.05) is 53.9 Å². The van der Waals surface area contributed by atoms with Crippen molar-refractivity contribution in [2.24, 2.45) is 13.0 Å². The molecule has 4 rings (SSSR count). The number of urea groups is 1. The van der Waals surface area contributed by atoms with E-state index in [1.807, 2.05) is 27.1 Å². The maximum Gasteiger partial charge on any atom is 0.326 e. The number of fused-ring (bicyclic) bond motifs is 2. The first-order valence-corrected chi connectivity index (χ1v) is 12.9. The monoisotopic (exact) mass is 479 g/mol. The van der Waals surface area contributed by atoms with Crippen molar-refractivity contribution < 1.29 is 9.59 Å². The molecule has 1 saturated heterocycles. The lowest BCUT2D eigenvalue weighted by Gasteiger charge is -2.47. The van der Waals surface area contributed by atoms with Gasteiger partial charge in [0.05, 0.1) is 5.92 Å². The van der Waals surface area contributed by atoms with E-state index in [1.54, 1.807) is 11.9 Å². The number of aryl methyl sites for hydroxylation is 1. The highest BCUT2D eigenvalue weighted by molar-refractivity contribution is 5.96. The summed E-state index contributed by atoms with van der Waals surface area (Å²) in [5.74, 6) is 0.0109. The van der Waals surface area contributed by atoms with E-state index in [1.165, 1.54) is 26.9 Å². The Bertz CT molecular complexity index is 1090. The molecule has 2 heterocycles. The van der Waals surface area contributed by atoms with Gasteiger partial charge in [0.1, 0.15) is 0 Å². The number of hydrogen-bond donors (Lipinski definition) is 0. The molecule has 1 aliphatic heterocycles. The molecule has 3 atom stereocenters. The second kappa shape index (κ2) is 10.5. The van der Waals surface area contributed by atoms with Crippen molar-refractivity contribution in [3.05, 3.63) is 48.2 Å². The first-order chi connectivity index (χ1) is 16.8. The summed E-state index contributed by atoms with van der Waals surface area (Å²) in [6.45, 7) is 9.21. The van der Waals surface area contributed by atoms with Crippen LogP contribution in [-0.4, -0.2) is 96.0 Å². The number of carbonyl (C=O) groups excluding carboxylic acids is 2. The molecule has 35 heavy (non-hydrogen) atoms. The number of rotatable bonds is 8. The van der Waals surface area contributed by atoms with E-state index in [4.69, 9.17) is 0 Å². The average Bonchev–Trinajstić information content (AvgIpc) is 3.17. The van der Waals surface area contributed by atoms with Gasteiger partial charge in [0, 0.05) is 69.3 Å². The number of benzene rings is 1. The lowest BCUT2D eigenvalue weighted by molar-refractivity contribution is -0.135. The zero-order chi connectivity index (χ0) is 25.3. The molecule has 1 aromatic heterocycles. The average molecular weight is 480 g/mol. The number of likely N-dealkylation sites (tertiary alicyclic amines) is 1. The highest BCUT2D eigenvalue weighted by atomic mass is 16.2. The van der Waals surface area contributed by atoms with Crippen LogP contribution in [0.5, 0.6) is 0 Å². The molecule has 0 N–H and O–H groups in total. The molecule has 0 unspecified atom stereocenters. The third-order valence-corrected chi connectivity index (χ3v) is 7.88. The lowest BCUT2D eigenvalue weighted by atomic mass is 9.72. The molecule has 0 spiro atoms. The largest absolute Gasteiger partial charge is 0.350 e. The number of amides is 3. The van der Waals surface area contributed by atoms with Crippen LogP contribution in [0.3, 0.4) is 0 Å². The Balaban J connectivity index is 1.65. The molecule has 0 saturated carbocycles. The Morgan fingerprint density at radius 1 is 1.20 bits per heavy atom. The van der Waals surface area contributed by atoms with Gasteiger partial charge in [0.25, 0.3) is 0 Å². The number of nitrogens with zero attached hydrogens (tertiary/aromatic N) is 5. The molecule has 0 bridgehead atoms. The first kappa shape index (κ1) is 25.5. The number of piperidine rings is 1. The fourth-order valence-corrected chi connectivity index (χ4v) is 6.04. The summed E-state index contributed by atoms with van der Waals surface area (Å²) in [6.07, 6.45) is 6.73. The van der Waals surface area contributed by atoms with Crippen LogP contribution in [-0.2, 0) is 18.3 Å². The first-order valence-electron chi connectivity index (χ1n) is 12.9. The van der Waals surface area contributed by atoms with Gasteiger partial charge >= 0.3 is 6.03 Å². The van der Waals surface area contributed by atoms with Gasteiger partial charge in [-0.2, -0.15) is 0 Å². The quantitative estimate of drug-likeness (QED) is 0.544. The van der Waals surface area contributed by atoms with Gasteiger partial charge in [0.15, 0.2) is 0 Å². The van der Waals surface area contributed by atoms with E-state index in [0.717, 1.165) is 32.4 Å². The summed E-state index contributed by atoms with van der Waals surface area (Å²) < 4.78 is 2.22. The van der Waals surface area contributed by atoms with Crippen molar-refractivity contribution in [3.63, 3.8) is 0 Å². The second-order valence-electron chi connectivity index (χ2n) is 10.5. The number of carbonyl (C=O) groups is 2. The topological polar surface area (TPSA) is 52.0 Å². The summed E-state index contributed by atoms with van der Waals surface area (Å²) >= 11 is 0. The Labute approximate surface area is 209 Å². The highest BCUT2D eigenvalue weighted by Gasteiger charge is 2.44. The number of aromatic nitrogens is 1. The standard InChI is InChI=1S/C28H41N5O2/c1-7-13-32-19-21(27(34)33(15-10-14-29(3)4)28(35)30(5)8-2)16-23-22-11-9-12-24-26(22)20(17-25(23)32)18-31(24)6/h7,9,11-12,18,21,23,25H,1,8,10,13-17,19H2,2-6H3/t21-,23+,25+/m0/s1. The van der Waals surface area contributed by atoms with Gasteiger partial charge in [-0.25, -0.2) is 4.79 Å². The van der Waals surface area contributed by atoms with Crippen molar-refractivity contribution in [3.8, 4) is 0 Å². The van der Waals surface area contributed by atoms with Crippen LogP contribution in [0.15, 0.2) is 37.1 Å². The molecule has 2 aromatic rings. The fraction of sp³-hybridized carbons (Fsp3) is 0.571. The maximum absolute atomic E-state index is 14.0. The third-order valence-electron chi connectivity index (χ3n) is 7.88. The van der Waals surface area contributed by atoms with Gasteiger partial charge in [-0.05, 0) is 64.0 Å². The Hall–Kier alpha value is -2.64. The van der Waals surface area contributed by atoms with Gasteiger partial charge < -0.3 is 14.4 Å². The Morgan fingerprint density at radius 2 is 1.97 bits per heavy atom. The van der Waals surface area contributed by atoms with Crippen LogP contribution in [0, 0.1) is 5.92 Å². The Kier molecular flexibility index (Phi) is 7.67. The zero-order valence-corrected chi connectivity index (χ0v) is 22.0. The predicted octanol–water partition coefficient (Wildman–Crippen LogP) is 3.55. The molecule has 2 aliphatic rings. The molecular formula is C28H41N5O2. The second-order valence-corrected chi connectivity index (χ2v) is 10.5. The number of imide groups is 1. The highest BCUT2D eigenvalue weighted by Crippen LogP contribution is 2.45. The molecule has 7 heteroatoms. The van der Waals surface area contributed by atoms with Gasteiger partial charge in [-0.15, -0.1) is 6.58 Å². The van der Waals surface area contributed by atoms with Crippen molar-refractivity contribution in [2.45, 2.75) is 38.1 Å². The summed E-state index contributed by atoms with van der Waals surface area (Å²) in [5, 5.41) is 1.35. The van der Waals surface area contributed by atoms with Crippen LogP contribution in [0.2, 0.25) is 0 Å². The SMILES string of the molecule is C=CCN1C[C@@H](C(=O)N(CCCN(C)C)C(=O)N(C)CC)C[C@@H]2c3cccc4c3c(cn4C)C[C@H]21. The molecule has 1 aliphatic carbocycles. The Morgan fingerprint density at radius 3 is 2.66 bits per heavy atom. The van der Waals surface area contributed by atoms with Crippen LogP contribution < -0.4 is 0 Å². The summed E-state index contributed by atoms with van der Waals surface area (Å²) in [7, 11) is 7.92. The molecule has 1 aromatic carbocycles. The van der Waals surface area contributed by atoms with Crippen LogP contribution >= 0.6 is 0 Å². The maximum atomic E-state index is 14.0. The molecule has 7 nitrogen and oxygen atoms in total. The fourth-order valence-electron chi connectivity index (χ4n) is 6.04. The third kappa shape index (κ3) is 4.89. The van der Waals surface area contributed by atoms with Crippen LogP contribution in [0.4, 0.5) is 4.79 Å². The molecule has 3 amide bonds. The van der Waals surface area contributed by atoms with E-state index in [9.17, 15) is 9.59 Å². The minimum Gasteiger partial charge on any atom is -0.350 e. The van der Waals surface area contributed by atoms with Crippen LogP contribution in [0.25, 0.3) is 10.9 Å². The van der Waals surface area contributed by atoms with Crippen molar-refractivity contribution in [1.82, 2.24) is 24.2 Å². The minimum absolute atomic E-state index is 0.0346. The van der Waals surface area contributed by atoms with E-state index >= 15 is 0 Å². The van der Waals surface area contributed by atoms with Gasteiger partial charge in [-0.1, -0.05) is 18.2 Å². The van der Waals surface area contributed by atoms with E-state index in [0.29, 0.717) is 25.7 Å². The lowest BCUT2D eigenvalue weighted by Crippen LogP contribution is -2.55. The van der Waals surface area contributed by atoms with Crippen molar-refractivity contribution >= 4 is 22.8 Å². The zero-order valence-electron chi connectivity index (χ0n) is 22.0. The minimum atomic E-state index is -0.217. The van der Waals surface area contributed by atoms with Gasteiger partial charge in [-0.3, -0.25) is 14.6 Å². The van der Waals surface area contributed by atoms with E-state index < -0.39 is 0 Å². The van der Waals surface area contributed by atoms with Gasteiger partial charge in [0.2, 0.25) is 5.91 Å². The summed E-state index contributed by atoms with van der Waals surface area (Å²) in [5.41, 5.74) is 3.99. The number of hydrogen-bond acceptors (Lipinski definition) is 4. The predicted molar refractivity (Wildman–Crippen MR) is 142 cm³/mol. The summed E-state index contributed by atoms with van der Waals surface area (Å²) in [4.78, 5) is 34.9. The molecule has 1 fully saturated rings. The van der Waals surface area contributed by atoms with E-state index in [2.05, 4.69) is 52.4 Å². The van der Waals surface area contributed by atoms with Crippen molar-refractivity contribution in [1.29, 1.82) is 0 Å². The van der Waals surface area contributed by atoms with Crippen LogP contribution in [0.1, 0.15) is 36.8 Å². The molecule has 190 valence electrons. The van der Waals surface area contributed by atoms with E-state index in [-0.39, 0.29) is 23.8 Å². The molecular weight excluding hydrogens is 438 g/mol.